The van der Waals surface area contributed by atoms with Gasteiger partial charge in [0.15, 0.2) is 11.6 Å². The molecule has 0 radical (unpaired) electrons. The predicted molar refractivity (Wildman–Crippen MR) is 150 cm³/mol. The first kappa shape index (κ1) is 32.7. The minimum atomic E-state index is -1.55. The number of hydrogen-bond acceptors (Lipinski definition) is 11. The lowest BCUT2D eigenvalue weighted by molar-refractivity contribution is -0.140. The second-order valence-corrected chi connectivity index (χ2v) is 11.3. The van der Waals surface area contributed by atoms with Gasteiger partial charge in [-0.25, -0.2) is 0 Å². The second-order valence-electron chi connectivity index (χ2n) is 11.3. The summed E-state index contributed by atoms with van der Waals surface area (Å²) in [6.07, 6.45) is 0.0807. The Hall–Kier alpha value is -2.84. The maximum Gasteiger partial charge on any atom is 0.259 e. The molecule has 0 spiro atoms. The summed E-state index contributed by atoms with van der Waals surface area (Å²) in [7, 11) is 3.27. The number of Topliss-reactive ketones (excluding diaryl/α,β-unsaturated/α-hetero) is 2. The number of benzene rings is 1. The van der Waals surface area contributed by atoms with E-state index in [2.05, 4.69) is 10.6 Å². The number of ketones is 2. The number of amides is 1. The number of carbonyl (C=O) groups is 3. The van der Waals surface area contributed by atoms with Crippen LogP contribution in [0.1, 0.15) is 30.0 Å². The van der Waals surface area contributed by atoms with Crippen molar-refractivity contribution < 1.29 is 45.0 Å². The molecule has 8 N–H and O–H groups in total. The Kier molecular flexibility index (Phi) is 9.41. The average molecular weight is 596 g/mol. The minimum absolute atomic E-state index is 0. The Labute approximate surface area is 243 Å². The quantitative estimate of drug-likeness (QED) is 0.109. The van der Waals surface area contributed by atoms with E-state index in [-0.39, 0.29) is 36.8 Å². The zero-order valence-electron chi connectivity index (χ0n) is 23.3. The number of aryl methyl sites for hydroxylation is 1. The zero-order chi connectivity index (χ0) is 29.7. The minimum Gasteiger partial charge on any atom is -0.510 e. The normalized spacial score (nSPS) is 27.7. The van der Waals surface area contributed by atoms with Crippen LogP contribution in [0, 0.1) is 24.7 Å². The fraction of sp³-hybridized carbons (Fsp3) is 0.536. The Bertz CT molecular complexity index is 1290. The Morgan fingerprint density at radius 2 is 1.71 bits per heavy atom. The molecule has 1 fully saturated rings. The highest BCUT2D eigenvalue weighted by Gasteiger charge is 2.59. The van der Waals surface area contributed by atoms with Gasteiger partial charge in [0.25, 0.3) is 5.91 Å². The first-order chi connectivity index (χ1) is 18.8. The summed E-state index contributed by atoms with van der Waals surface area (Å²) in [5.41, 5.74) is -2.29. The monoisotopic (exact) mass is 595 g/mol. The van der Waals surface area contributed by atoms with Crippen molar-refractivity contribution in [3.63, 3.8) is 0 Å². The fourth-order valence-corrected chi connectivity index (χ4v) is 6.41. The van der Waals surface area contributed by atoms with Crippen molar-refractivity contribution in [1.82, 2.24) is 15.5 Å². The third-order valence-corrected chi connectivity index (χ3v) is 8.70. The van der Waals surface area contributed by atoms with Gasteiger partial charge in [-0.3, -0.25) is 24.6 Å². The van der Waals surface area contributed by atoms with E-state index in [0.717, 1.165) is 0 Å². The molecular weight excluding hydrogens is 558 g/mol. The largest absolute Gasteiger partial charge is 0.510 e. The molecule has 13 heteroatoms. The van der Waals surface area contributed by atoms with Crippen LogP contribution in [0.3, 0.4) is 0 Å². The molecule has 0 aromatic heterocycles. The number of fused-ring (bicyclic) bond motifs is 3. The zero-order valence-corrected chi connectivity index (χ0v) is 24.2. The second kappa shape index (κ2) is 11.8. The Balaban J connectivity index is 0.00000462. The molecule has 0 saturated heterocycles. The maximum absolute atomic E-state index is 14.0. The number of aliphatic hydroxyl groups excluding tert-OH is 5. The summed E-state index contributed by atoms with van der Waals surface area (Å²) in [5, 5.41) is 67.6. The van der Waals surface area contributed by atoms with Gasteiger partial charge < -0.3 is 36.0 Å². The summed E-state index contributed by atoms with van der Waals surface area (Å²) >= 11 is 0. The third-order valence-electron chi connectivity index (χ3n) is 8.70. The molecule has 2 unspecified atom stereocenters. The van der Waals surface area contributed by atoms with Crippen LogP contribution in [0.25, 0.3) is 5.76 Å². The van der Waals surface area contributed by atoms with Crippen LogP contribution in [-0.4, -0.2) is 105 Å². The van der Waals surface area contributed by atoms with Crippen LogP contribution in [0.15, 0.2) is 35.1 Å². The number of carbonyl (C=O) groups excluding carboxylic acids is 3. The maximum atomic E-state index is 14.0. The van der Waals surface area contributed by atoms with Gasteiger partial charge in [0.1, 0.15) is 17.1 Å². The van der Waals surface area contributed by atoms with Gasteiger partial charge in [-0.2, -0.15) is 0 Å². The van der Waals surface area contributed by atoms with Crippen molar-refractivity contribution in [3.8, 4) is 0 Å². The van der Waals surface area contributed by atoms with Gasteiger partial charge in [-0.1, -0.05) is 18.2 Å². The number of halogens is 1. The van der Waals surface area contributed by atoms with Crippen LogP contribution < -0.4 is 10.6 Å². The van der Waals surface area contributed by atoms with E-state index in [0.29, 0.717) is 16.7 Å². The van der Waals surface area contributed by atoms with E-state index < -0.39 is 83.6 Å². The van der Waals surface area contributed by atoms with Crippen molar-refractivity contribution in [2.75, 3.05) is 40.6 Å². The molecular formula is C28H38ClN3O9. The molecule has 0 bridgehead atoms. The summed E-state index contributed by atoms with van der Waals surface area (Å²) in [5.74, 6) is -6.48. The first-order valence-electron chi connectivity index (χ1n) is 13.1. The van der Waals surface area contributed by atoms with Gasteiger partial charge in [-0.05, 0) is 51.4 Å². The van der Waals surface area contributed by atoms with Crippen LogP contribution in [0.2, 0.25) is 0 Å². The van der Waals surface area contributed by atoms with Gasteiger partial charge in [0.05, 0.1) is 49.6 Å². The SMILES string of the molecule is Cc1cccc2c1C(O)=C1C(=O)C3C(=O)C(C(=O)NCNC(CO)(CO)CO)=C(O)[C@@H](N(C)C)[C@@H]3C[C@@H]1C2(C)O.Cl. The van der Waals surface area contributed by atoms with E-state index >= 15 is 0 Å². The molecule has 226 valence electrons. The van der Waals surface area contributed by atoms with Crippen LogP contribution in [0.5, 0.6) is 0 Å². The van der Waals surface area contributed by atoms with Gasteiger partial charge in [0, 0.05) is 17.1 Å². The van der Waals surface area contributed by atoms with E-state index in [9.17, 15) is 45.0 Å². The Morgan fingerprint density at radius 1 is 1.10 bits per heavy atom. The third kappa shape index (κ3) is 5.07. The fourth-order valence-electron chi connectivity index (χ4n) is 6.41. The molecule has 1 aromatic rings. The lowest BCUT2D eigenvalue weighted by atomic mass is 9.56. The average Bonchev–Trinajstić information content (AvgIpc) is 2.89. The van der Waals surface area contributed by atoms with E-state index in [1.54, 1.807) is 51.0 Å². The summed E-state index contributed by atoms with van der Waals surface area (Å²) in [6.45, 7) is 0.998. The number of rotatable bonds is 8. The molecule has 0 aliphatic heterocycles. The van der Waals surface area contributed by atoms with Crippen molar-refractivity contribution in [2.45, 2.75) is 37.5 Å². The van der Waals surface area contributed by atoms with Crippen molar-refractivity contribution >= 4 is 35.6 Å². The number of hydrogen-bond donors (Lipinski definition) is 8. The molecule has 1 amide bonds. The van der Waals surface area contributed by atoms with Crippen LogP contribution >= 0.6 is 12.4 Å². The molecule has 3 aliphatic carbocycles. The Morgan fingerprint density at radius 3 is 2.27 bits per heavy atom. The van der Waals surface area contributed by atoms with Gasteiger partial charge in [0.2, 0.25) is 0 Å². The molecule has 0 heterocycles. The molecule has 1 aromatic carbocycles. The summed E-state index contributed by atoms with van der Waals surface area (Å²) in [6, 6.07) is 4.26. The number of aliphatic hydroxyl groups is 6. The molecule has 5 atom stereocenters. The predicted octanol–water partition coefficient (Wildman–Crippen LogP) is -0.568. The molecule has 4 rings (SSSR count). The summed E-state index contributed by atoms with van der Waals surface area (Å²) < 4.78 is 0. The van der Waals surface area contributed by atoms with Gasteiger partial charge >= 0.3 is 0 Å². The van der Waals surface area contributed by atoms with Gasteiger partial charge in [-0.15, -0.1) is 12.4 Å². The molecule has 3 aliphatic rings. The van der Waals surface area contributed by atoms with Crippen molar-refractivity contribution in [2.24, 2.45) is 17.8 Å². The standard InChI is InChI=1S/C28H37N3O9.ClH/c1-13-6-5-7-15-17(13)22(35)19-16(27(15,2)40)8-14-18(23(19)36)24(37)20(25(38)21(14)31(3)4)26(39)29-12-30-28(9-32,10-33)11-34;/h5-7,14,16,18,21,30,32-35,38,40H,8-12H2,1-4H3,(H,29,39);1H/t14-,16+,18?,21+,27?;/m1./s1. The van der Waals surface area contributed by atoms with Crippen molar-refractivity contribution in [3.05, 3.63) is 51.8 Å². The highest BCUT2D eigenvalue weighted by molar-refractivity contribution is 6.28. The smallest absolute Gasteiger partial charge is 0.259 e. The van der Waals surface area contributed by atoms with Crippen LogP contribution in [0.4, 0.5) is 0 Å². The highest BCUT2D eigenvalue weighted by atomic mass is 35.5. The molecule has 12 nitrogen and oxygen atoms in total. The molecule has 41 heavy (non-hydrogen) atoms. The number of likely N-dealkylation sites (N-methyl/N-ethyl adjacent to an activating group) is 1. The number of nitrogens with zero attached hydrogens (tertiary/aromatic N) is 1. The van der Waals surface area contributed by atoms with Crippen molar-refractivity contribution in [1.29, 1.82) is 0 Å². The summed E-state index contributed by atoms with van der Waals surface area (Å²) in [4.78, 5) is 42.5. The van der Waals surface area contributed by atoms with E-state index in [1.165, 1.54) is 0 Å². The lowest BCUT2D eigenvalue weighted by Crippen LogP contribution is -2.59. The highest BCUT2D eigenvalue weighted by Crippen LogP contribution is 2.54. The van der Waals surface area contributed by atoms with E-state index in [1.807, 2.05) is 0 Å². The van der Waals surface area contributed by atoms with E-state index in [4.69, 9.17) is 0 Å². The van der Waals surface area contributed by atoms with Crippen LogP contribution in [-0.2, 0) is 20.0 Å². The first-order valence-corrected chi connectivity index (χ1v) is 13.1. The molecule has 1 saturated carbocycles. The number of nitrogens with one attached hydrogen (secondary N) is 2. The topological polar surface area (TPSA) is 200 Å². The lowest BCUT2D eigenvalue weighted by Gasteiger charge is -2.50.